The molecule has 2 nitrogen and oxygen atoms in total. The summed E-state index contributed by atoms with van der Waals surface area (Å²) in [6.45, 7) is 6.23. The van der Waals surface area contributed by atoms with E-state index >= 15 is 0 Å². The summed E-state index contributed by atoms with van der Waals surface area (Å²) in [5, 5.41) is 19.5. The summed E-state index contributed by atoms with van der Waals surface area (Å²) >= 11 is 0. The first-order valence-electron chi connectivity index (χ1n) is 5.76. The minimum absolute atomic E-state index is 0.130. The molecule has 4 atom stereocenters. The topological polar surface area (TPSA) is 40.5 Å². The largest absolute Gasteiger partial charge is 0.389 e. The van der Waals surface area contributed by atoms with Crippen molar-refractivity contribution in [3.8, 4) is 0 Å². The van der Waals surface area contributed by atoms with Crippen LogP contribution in [0.5, 0.6) is 0 Å². The molecule has 0 aromatic carbocycles. The summed E-state index contributed by atoms with van der Waals surface area (Å²) in [6.07, 6.45) is 6.67. The van der Waals surface area contributed by atoms with Gasteiger partial charge >= 0.3 is 0 Å². The third kappa shape index (κ3) is 3.18. The van der Waals surface area contributed by atoms with Crippen LogP contribution in [0.1, 0.15) is 33.6 Å². The number of hydrogen-bond donors (Lipinski definition) is 2. The Morgan fingerprint density at radius 1 is 1.27 bits per heavy atom. The van der Waals surface area contributed by atoms with Gasteiger partial charge in [-0.15, -0.1) is 0 Å². The van der Waals surface area contributed by atoms with Crippen LogP contribution in [0.25, 0.3) is 0 Å². The molecule has 0 amide bonds. The molecule has 0 heterocycles. The van der Waals surface area contributed by atoms with Crippen molar-refractivity contribution in [1.82, 2.24) is 0 Å². The van der Waals surface area contributed by atoms with Crippen LogP contribution in [0.4, 0.5) is 0 Å². The van der Waals surface area contributed by atoms with Crippen LogP contribution < -0.4 is 0 Å². The lowest BCUT2D eigenvalue weighted by molar-refractivity contribution is 0.0432. The summed E-state index contributed by atoms with van der Waals surface area (Å²) in [5.74, 6) is 0.275. The molecule has 0 aromatic rings. The van der Waals surface area contributed by atoms with E-state index in [0.29, 0.717) is 0 Å². The van der Waals surface area contributed by atoms with E-state index in [-0.39, 0.29) is 11.8 Å². The van der Waals surface area contributed by atoms with Gasteiger partial charge in [0.2, 0.25) is 0 Å². The monoisotopic (exact) mass is 210 g/mol. The molecule has 2 N–H and O–H groups in total. The molecule has 0 saturated heterocycles. The van der Waals surface area contributed by atoms with Crippen LogP contribution >= 0.6 is 0 Å². The predicted octanol–water partition coefficient (Wildman–Crippen LogP) is 2.28. The van der Waals surface area contributed by atoms with E-state index in [1.165, 1.54) is 5.57 Å². The maximum Gasteiger partial charge on any atom is 0.0756 e. The standard InChI is InChI=1S/C13H22O2/c1-4-9(2)5-6-11-10(3)12(14)7-8-13(11)15/h5,7-8,10-15H,4,6H2,1-3H3/b9-5+/t10-,11+,12?,13-/m1/s1. The second-order valence-corrected chi connectivity index (χ2v) is 4.53. The molecule has 0 fully saturated rings. The van der Waals surface area contributed by atoms with Gasteiger partial charge in [0.15, 0.2) is 0 Å². The first kappa shape index (κ1) is 12.5. The summed E-state index contributed by atoms with van der Waals surface area (Å²) in [6, 6.07) is 0. The first-order chi connectivity index (χ1) is 7.06. The minimum atomic E-state index is -0.413. The number of allylic oxidation sites excluding steroid dienone is 2. The fraction of sp³-hybridized carbons (Fsp3) is 0.692. The van der Waals surface area contributed by atoms with Gasteiger partial charge in [-0.05, 0) is 31.6 Å². The molecule has 0 aromatic heterocycles. The molecule has 1 aliphatic carbocycles. The average molecular weight is 210 g/mol. The van der Waals surface area contributed by atoms with Crippen molar-refractivity contribution < 1.29 is 10.2 Å². The van der Waals surface area contributed by atoms with Crippen molar-refractivity contribution >= 4 is 0 Å². The second-order valence-electron chi connectivity index (χ2n) is 4.53. The van der Waals surface area contributed by atoms with Gasteiger partial charge in [0.25, 0.3) is 0 Å². The zero-order valence-corrected chi connectivity index (χ0v) is 9.85. The van der Waals surface area contributed by atoms with E-state index in [4.69, 9.17) is 0 Å². The molecule has 2 heteroatoms. The molecular weight excluding hydrogens is 188 g/mol. The Hall–Kier alpha value is -0.600. The maximum absolute atomic E-state index is 9.82. The van der Waals surface area contributed by atoms with Crippen molar-refractivity contribution in [2.45, 2.75) is 45.8 Å². The number of aliphatic hydroxyl groups excluding tert-OH is 2. The molecule has 1 aliphatic rings. The Labute approximate surface area is 92.3 Å². The van der Waals surface area contributed by atoms with Crippen molar-refractivity contribution in [3.63, 3.8) is 0 Å². The Kier molecular flexibility index (Phi) is 4.55. The number of hydrogen-bond acceptors (Lipinski definition) is 2. The zero-order chi connectivity index (χ0) is 11.4. The normalized spacial score (nSPS) is 37.0. The van der Waals surface area contributed by atoms with Gasteiger partial charge in [-0.3, -0.25) is 0 Å². The van der Waals surface area contributed by atoms with Gasteiger partial charge in [0, 0.05) is 0 Å². The lowest BCUT2D eigenvalue weighted by Crippen LogP contribution is -2.35. The third-order valence-electron chi connectivity index (χ3n) is 3.45. The van der Waals surface area contributed by atoms with Gasteiger partial charge in [0.1, 0.15) is 0 Å². The highest BCUT2D eigenvalue weighted by Crippen LogP contribution is 2.29. The zero-order valence-electron chi connectivity index (χ0n) is 9.85. The van der Waals surface area contributed by atoms with Crippen molar-refractivity contribution in [1.29, 1.82) is 0 Å². The lowest BCUT2D eigenvalue weighted by atomic mass is 9.78. The van der Waals surface area contributed by atoms with E-state index in [1.807, 2.05) is 6.92 Å². The molecule has 86 valence electrons. The molecule has 15 heavy (non-hydrogen) atoms. The van der Waals surface area contributed by atoms with Gasteiger partial charge in [-0.25, -0.2) is 0 Å². The highest BCUT2D eigenvalue weighted by molar-refractivity contribution is 5.08. The quantitative estimate of drug-likeness (QED) is 0.702. The predicted molar refractivity (Wildman–Crippen MR) is 62.5 cm³/mol. The highest BCUT2D eigenvalue weighted by atomic mass is 16.3. The van der Waals surface area contributed by atoms with Crippen LogP contribution in [0, 0.1) is 11.8 Å². The summed E-state index contributed by atoms with van der Waals surface area (Å²) in [4.78, 5) is 0. The third-order valence-corrected chi connectivity index (χ3v) is 3.45. The van der Waals surface area contributed by atoms with Crippen LogP contribution in [0.15, 0.2) is 23.8 Å². The smallest absolute Gasteiger partial charge is 0.0756 e. The Balaban J connectivity index is 2.64. The first-order valence-corrected chi connectivity index (χ1v) is 5.76. The fourth-order valence-corrected chi connectivity index (χ4v) is 1.95. The Bertz CT molecular complexity index is 255. The fourth-order valence-electron chi connectivity index (χ4n) is 1.95. The summed E-state index contributed by atoms with van der Waals surface area (Å²) in [5.41, 5.74) is 1.35. The van der Waals surface area contributed by atoms with Crippen molar-refractivity contribution in [2.75, 3.05) is 0 Å². The van der Waals surface area contributed by atoms with Crippen LogP contribution in [-0.2, 0) is 0 Å². The second kappa shape index (κ2) is 5.47. The maximum atomic E-state index is 9.82. The van der Waals surface area contributed by atoms with E-state index < -0.39 is 12.2 Å². The van der Waals surface area contributed by atoms with E-state index in [0.717, 1.165) is 12.8 Å². The van der Waals surface area contributed by atoms with Gasteiger partial charge < -0.3 is 10.2 Å². The van der Waals surface area contributed by atoms with E-state index in [9.17, 15) is 10.2 Å². The summed E-state index contributed by atoms with van der Waals surface area (Å²) < 4.78 is 0. The van der Waals surface area contributed by atoms with Crippen LogP contribution in [-0.4, -0.2) is 22.4 Å². The van der Waals surface area contributed by atoms with E-state index in [1.54, 1.807) is 12.2 Å². The molecule has 0 saturated carbocycles. The van der Waals surface area contributed by atoms with Crippen LogP contribution in [0.3, 0.4) is 0 Å². The molecule has 0 radical (unpaired) electrons. The number of rotatable bonds is 3. The molecule has 1 rings (SSSR count). The average Bonchev–Trinajstić information content (AvgIpc) is 2.23. The molecule has 1 unspecified atom stereocenters. The molecule has 0 aliphatic heterocycles. The lowest BCUT2D eigenvalue weighted by Gasteiger charge is -2.32. The Morgan fingerprint density at radius 2 is 1.87 bits per heavy atom. The number of aliphatic hydroxyl groups is 2. The van der Waals surface area contributed by atoms with Crippen LogP contribution in [0.2, 0.25) is 0 Å². The van der Waals surface area contributed by atoms with Crippen molar-refractivity contribution in [3.05, 3.63) is 23.8 Å². The Morgan fingerprint density at radius 3 is 2.47 bits per heavy atom. The molecule has 0 spiro atoms. The SMILES string of the molecule is CC/C(C)=C/C[C@@H]1[C@H](O)C=CC(O)[C@@H]1C. The molecule has 0 bridgehead atoms. The summed E-state index contributed by atoms with van der Waals surface area (Å²) in [7, 11) is 0. The van der Waals surface area contributed by atoms with Gasteiger partial charge in [-0.1, -0.05) is 37.6 Å². The molecular formula is C13H22O2. The minimum Gasteiger partial charge on any atom is -0.389 e. The van der Waals surface area contributed by atoms with E-state index in [2.05, 4.69) is 19.9 Å². The van der Waals surface area contributed by atoms with Gasteiger partial charge in [0.05, 0.1) is 12.2 Å². The van der Waals surface area contributed by atoms with Gasteiger partial charge in [-0.2, -0.15) is 0 Å². The van der Waals surface area contributed by atoms with Crippen molar-refractivity contribution in [2.24, 2.45) is 11.8 Å². The highest BCUT2D eigenvalue weighted by Gasteiger charge is 2.30.